The van der Waals surface area contributed by atoms with E-state index in [1.807, 2.05) is 6.92 Å². The number of rotatable bonds is 5. The van der Waals surface area contributed by atoms with Gasteiger partial charge < -0.3 is 15.2 Å². The molecule has 0 aliphatic heterocycles. The van der Waals surface area contributed by atoms with Crippen LogP contribution in [0, 0.1) is 6.92 Å². The number of aromatic carboxylic acids is 1. The minimum absolute atomic E-state index is 0.0677. The van der Waals surface area contributed by atoms with E-state index in [1.165, 1.54) is 6.07 Å². The molecule has 0 radical (unpaired) electrons. The average Bonchev–Trinajstić information content (AvgIpc) is 2.46. The van der Waals surface area contributed by atoms with E-state index in [4.69, 9.17) is 21.4 Å². The van der Waals surface area contributed by atoms with Crippen LogP contribution in [-0.2, 0) is 6.61 Å². The molecule has 110 valence electrons. The van der Waals surface area contributed by atoms with Crippen molar-refractivity contribution >= 4 is 23.4 Å². The highest BCUT2D eigenvalue weighted by Gasteiger charge is 2.11. The topological polar surface area (TPSA) is 84.3 Å². The molecule has 0 saturated heterocycles. The molecule has 1 heterocycles. The first-order valence-corrected chi connectivity index (χ1v) is 6.55. The summed E-state index contributed by atoms with van der Waals surface area (Å²) in [5.74, 6) is 0.245. The van der Waals surface area contributed by atoms with Gasteiger partial charge in [-0.15, -0.1) is 0 Å². The molecule has 2 rings (SSSR count). The summed E-state index contributed by atoms with van der Waals surface area (Å²) in [7, 11) is 1.65. The number of halogens is 1. The Morgan fingerprint density at radius 3 is 2.76 bits per heavy atom. The van der Waals surface area contributed by atoms with E-state index in [1.54, 1.807) is 25.2 Å². The van der Waals surface area contributed by atoms with Crippen LogP contribution in [0.2, 0.25) is 5.02 Å². The molecule has 0 bridgehead atoms. The van der Waals surface area contributed by atoms with E-state index in [0.29, 0.717) is 16.6 Å². The zero-order chi connectivity index (χ0) is 15.4. The van der Waals surface area contributed by atoms with Crippen molar-refractivity contribution in [2.45, 2.75) is 13.5 Å². The van der Waals surface area contributed by atoms with Crippen LogP contribution in [-0.4, -0.2) is 28.1 Å². The Balaban J connectivity index is 2.19. The lowest BCUT2D eigenvalue weighted by atomic mass is 10.2. The van der Waals surface area contributed by atoms with Crippen LogP contribution in [0.1, 0.15) is 21.9 Å². The molecule has 1 aromatic carbocycles. The normalized spacial score (nSPS) is 10.2. The van der Waals surface area contributed by atoms with Gasteiger partial charge in [-0.25, -0.2) is 14.8 Å². The Morgan fingerprint density at radius 2 is 2.14 bits per heavy atom. The number of hydrogen-bond donors (Lipinski definition) is 2. The van der Waals surface area contributed by atoms with Gasteiger partial charge in [0.1, 0.15) is 18.2 Å². The average molecular weight is 308 g/mol. The predicted molar refractivity (Wildman–Crippen MR) is 79.1 cm³/mol. The molecule has 0 aliphatic rings. The van der Waals surface area contributed by atoms with Crippen molar-refractivity contribution < 1.29 is 14.6 Å². The van der Waals surface area contributed by atoms with Crippen molar-refractivity contribution in [3.8, 4) is 5.75 Å². The van der Waals surface area contributed by atoms with E-state index in [-0.39, 0.29) is 18.1 Å². The molecule has 0 fully saturated rings. The Hall–Kier alpha value is -2.34. The van der Waals surface area contributed by atoms with E-state index < -0.39 is 5.97 Å². The van der Waals surface area contributed by atoms with Crippen LogP contribution < -0.4 is 10.1 Å². The lowest BCUT2D eigenvalue weighted by molar-refractivity contribution is 0.0689. The number of carboxylic acids is 1. The molecular weight excluding hydrogens is 294 g/mol. The number of ether oxygens (including phenoxy) is 1. The summed E-state index contributed by atoms with van der Waals surface area (Å²) in [6.45, 7) is 1.94. The molecule has 1 aromatic heterocycles. The maximum Gasteiger partial charge on any atom is 0.354 e. The van der Waals surface area contributed by atoms with Crippen LogP contribution in [0.5, 0.6) is 5.75 Å². The van der Waals surface area contributed by atoms with Crippen LogP contribution in [0.4, 0.5) is 5.82 Å². The Kier molecular flexibility index (Phi) is 4.59. The number of nitrogens with one attached hydrogen (secondary N) is 1. The van der Waals surface area contributed by atoms with Crippen molar-refractivity contribution in [2.24, 2.45) is 0 Å². The number of carbonyl (C=O) groups is 1. The van der Waals surface area contributed by atoms with Gasteiger partial charge in [-0.1, -0.05) is 11.6 Å². The summed E-state index contributed by atoms with van der Waals surface area (Å²) in [5.41, 5.74) is 0.798. The van der Waals surface area contributed by atoms with Gasteiger partial charge in [0.05, 0.1) is 0 Å². The lowest BCUT2D eigenvalue weighted by Crippen LogP contribution is -2.10. The number of hydrogen-bond acceptors (Lipinski definition) is 5. The third-order valence-corrected chi connectivity index (χ3v) is 2.98. The van der Waals surface area contributed by atoms with Crippen molar-refractivity contribution in [3.05, 3.63) is 46.4 Å². The first-order chi connectivity index (χ1) is 9.99. The van der Waals surface area contributed by atoms with Crippen LogP contribution in [0.3, 0.4) is 0 Å². The maximum atomic E-state index is 11.0. The number of aromatic nitrogens is 2. The second kappa shape index (κ2) is 6.41. The predicted octanol–water partition coefficient (Wildman–Crippen LogP) is 2.76. The molecule has 0 atom stereocenters. The maximum absolute atomic E-state index is 11.0. The number of carboxylic acid groups (broad SMARTS) is 1. The van der Waals surface area contributed by atoms with Gasteiger partial charge in [0.15, 0.2) is 11.5 Å². The smallest absolute Gasteiger partial charge is 0.354 e. The molecule has 7 heteroatoms. The fraction of sp³-hybridized carbons (Fsp3) is 0.214. The van der Waals surface area contributed by atoms with Gasteiger partial charge in [-0.2, -0.15) is 0 Å². The van der Waals surface area contributed by atoms with Crippen LogP contribution >= 0.6 is 11.6 Å². The quantitative estimate of drug-likeness (QED) is 0.883. The molecule has 6 nitrogen and oxygen atoms in total. The van der Waals surface area contributed by atoms with Gasteiger partial charge in [0, 0.05) is 18.1 Å². The Bertz CT molecular complexity index is 677. The SMILES string of the molecule is CNc1cc(C(=O)O)nc(COc2ccc(Cl)cc2C)n1. The third kappa shape index (κ3) is 3.82. The number of nitrogens with zero attached hydrogens (tertiary/aromatic N) is 2. The van der Waals surface area contributed by atoms with Gasteiger partial charge in [0.25, 0.3) is 0 Å². The van der Waals surface area contributed by atoms with Crippen molar-refractivity contribution in [2.75, 3.05) is 12.4 Å². The van der Waals surface area contributed by atoms with Crippen LogP contribution in [0.25, 0.3) is 0 Å². The molecule has 0 aliphatic carbocycles. The van der Waals surface area contributed by atoms with Crippen molar-refractivity contribution in [3.63, 3.8) is 0 Å². The Morgan fingerprint density at radius 1 is 1.38 bits per heavy atom. The minimum atomic E-state index is -1.11. The third-order valence-electron chi connectivity index (χ3n) is 2.74. The first-order valence-electron chi connectivity index (χ1n) is 6.17. The summed E-state index contributed by atoms with van der Waals surface area (Å²) in [6, 6.07) is 6.61. The summed E-state index contributed by atoms with van der Waals surface area (Å²) in [5, 5.41) is 12.4. The molecule has 0 unspecified atom stereocenters. The summed E-state index contributed by atoms with van der Waals surface area (Å²) >= 11 is 5.88. The highest BCUT2D eigenvalue weighted by Crippen LogP contribution is 2.22. The van der Waals surface area contributed by atoms with Gasteiger partial charge in [0.2, 0.25) is 0 Å². The van der Waals surface area contributed by atoms with E-state index in [9.17, 15) is 4.79 Å². The van der Waals surface area contributed by atoms with Crippen molar-refractivity contribution in [1.82, 2.24) is 9.97 Å². The second-order valence-corrected chi connectivity index (χ2v) is 4.74. The zero-order valence-electron chi connectivity index (χ0n) is 11.6. The largest absolute Gasteiger partial charge is 0.485 e. The molecule has 0 amide bonds. The number of anilines is 1. The second-order valence-electron chi connectivity index (χ2n) is 4.31. The molecule has 2 N–H and O–H groups in total. The van der Waals surface area contributed by atoms with E-state index >= 15 is 0 Å². The molecule has 0 spiro atoms. The lowest BCUT2D eigenvalue weighted by Gasteiger charge is -2.10. The van der Waals surface area contributed by atoms with Crippen LogP contribution in [0.15, 0.2) is 24.3 Å². The standard InChI is InChI=1S/C14H14ClN3O3/c1-8-5-9(15)3-4-11(8)21-7-13-17-10(14(19)20)6-12(16-2)18-13/h3-6H,7H2,1-2H3,(H,19,20)(H,16,17,18). The monoisotopic (exact) mass is 307 g/mol. The summed E-state index contributed by atoms with van der Waals surface area (Å²) in [4.78, 5) is 19.1. The molecule has 2 aromatic rings. The van der Waals surface area contributed by atoms with Gasteiger partial charge >= 0.3 is 5.97 Å². The summed E-state index contributed by atoms with van der Waals surface area (Å²) < 4.78 is 5.61. The molecular formula is C14H14ClN3O3. The number of aryl methyl sites for hydroxylation is 1. The van der Waals surface area contributed by atoms with E-state index in [0.717, 1.165) is 5.56 Å². The molecule has 0 saturated carbocycles. The van der Waals surface area contributed by atoms with E-state index in [2.05, 4.69) is 15.3 Å². The zero-order valence-corrected chi connectivity index (χ0v) is 12.3. The fourth-order valence-electron chi connectivity index (χ4n) is 1.72. The van der Waals surface area contributed by atoms with Crippen molar-refractivity contribution in [1.29, 1.82) is 0 Å². The molecule has 21 heavy (non-hydrogen) atoms. The minimum Gasteiger partial charge on any atom is -0.485 e. The summed E-state index contributed by atoms with van der Waals surface area (Å²) in [6.07, 6.45) is 0. The fourth-order valence-corrected chi connectivity index (χ4v) is 1.94. The first kappa shape index (κ1) is 15.1. The van der Waals surface area contributed by atoms with Gasteiger partial charge in [-0.05, 0) is 30.7 Å². The number of benzene rings is 1. The van der Waals surface area contributed by atoms with Gasteiger partial charge in [-0.3, -0.25) is 0 Å². The Labute approximate surface area is 126 Å². The highest BCUT2D eigenvalue weighted by atomic mass is 35.5. The highest BCUT2D eigenvalue weighted by molar-refractivity contribution is 6.30.